The Morgan fingerprint density at radius 3 is 2.54 bits per heavy atom. The summed E-state index contributed by atoms with van der Waals surface area (Å²) in [5.74, 6) is -0.462. The van der Waals surface area contributed by atoms with Crippen molar-refractivity contribution in [3.05, 3.63) is 75.7 Å². The fourth-order valence-corrected chi connectivity index (χ4v) is 2.97. The molecule has 0 aliphatic heterocycles. The summed E-state index contributed by atoms with van der Waals surface area (Å²) in [6.45, 7) is 3.65. The lowest BCUT2D eigenvalue weighted by molar-refractivity contribution is -0.117. The van der Waals surface area contributed by atoms with Crippen LogP contribution in [-0.2, 0) is 11.2 Å². The van der Waals surface area contributed by atoms with E-state index in [1.54, 1.807) is 42.6 Å². The number of nitrogens with zero attached hydrogens (tertiary/aromatic N) is 1. The van der Waals surface area contributed by atoms with E-state index in [1.165, 1.54) is 10.6 Å². The number of hydrogen-bond acceptors (Lipinski definition) is 3. The van der Waals surface area contributed by atoms with E-state index in [2.05, 4.69) is 0 Å². The number of aromatic nitrogens is 1. The number of pyridine rings is 1. The van der Waals surface area contributed by atoms with Gasteiger partial charge in [0.2, 0.25) is 5.91 Å². The van der Waals surface area contributed by atoms with Crippen LogP contribution in [0.25, 0.3) is 5.70 Å². The molecule has 5 heteroatoms. The topological polar surface area (TPSA) is 82.2 Å². The quantitative estimate of drug-likeness (QED) is 0.938. The molecule has 24 heavy (non-hydrogen) atoms. The molecule has 1 amide bonds. The number of Topliss-reactive ketones (excluding diaryl/α,β-unsaturated/α-hetero) is 1. The first-order valence-electron chi connectivity index (χ1n) is 7.67. The van der Waals surface area contributed by atoms with Gasteiger partial charge in [-0.15, -0.1) is 0 Å². The van der Waals surface area contributed by atoms with E-state index in [-0.39, 0.29) is 17.8 Å². The molecule has 0 saturated heterocycles. The summed E-state index contributed by atoms with van der Waals surface area (Å²) in [5, 5.41) is 0. The summed E-state index contributed by atoms with van der Waals surface area (Å²) in [4.78, 5) is 36.2. The van der Waals surface area contributed by atoms with E-state index in [0.29, 0.717) is 22.4 Å². The highest BCUT2D eigenvalue weighted by Gasteiger charge is 2.34. The second-order valence-corrected chi connectivity index (χ2v) is 6.51. The third kappa shape index (κ3) is 2.69. The molecule has 122 valence electrons. The van der Waals surface area contributed by atoms with Crippen molar-refractivity contribution in [1.82, 2.24) is 4.57 Å². The van der Waals surface area contributed by atoms with E-state index in [4.69, 9.17) is 5.73 Å². The molecule has 0 saturated carbocycles. The molecule has 0 fully saturated rings. The average Bonchev–Trinajstić information content (AvgIpc) is 2.51. The molecule has 1 aliphatic carbocycles. The van der Waals surface area contributed by atoms with Gasteiger partial charge < -0.3 is 5.73 Å². The van der Waals surface area contributed by atoms with Crippen molar-refractivity contribution in [2.45, 2.75) is 20.3 Å². The van der Waals surface area contributed by atoms with Crippen molar-refractivity contribution in [2.24, 2.45) is 11.1 Å². The van der Waals surface area contributed by atoms with Gasteiger partial charge in [0.05, 0.1) is 12.1 Å². The second-order valence-electron chi connectivity index (χ2n) is 6.51. The smallest absolute Gasteiger partial charge is 0.255 e. The van der Waals surface area contributed by atoms with Crippen LogP contribution in [0.1, 0.15) is 35.3 Å². The first kappa shape index (κ1) is 15.9. The highest BCUT2D eigenvalue weighted by atomic mass is 16.1. The zero-order valence-corrected chi connectivity index (χ0v) is 13.6. The Hall–Kier alpha value is -2.95. The molecule has 0 unspecified atom stereocenters. The predicted octanol–water partition coefficient (Wildman–Crippen LogP) is 1.99. The molecular weight excluding hydrogens is 304 g/mol. The summed E-state index contributed by atoms with van der Waals surface area (Å²) in [5.41, 5.74) is 6.91. The Morgan fingerprint density at radius 2 is 1.88 bits per heavy atom. The molecule has 0 spiro atoms. The maximum atomic E-state index is 12.7. The number of nitrogens with two attached hydrogens (primary N) is 1. The molecule has 1 aromatic carbocycles. The number of hydrogen-bond donors (Lipinski definition) is 1. The Morgan fingerprint density at radius 1 is 1.12 bits per heavy atom. The van der Waals surface area contributed by atoms with Gasteiger partial charge in [-0.3, -0.25) is 19.0 Å². The molecule has 1 heterocycles. The van der Waals surface area contributed by atoms with Crippen LogP contribution in [-0.4, -0.2) is 16.3 Å². The summed E-state index contributed by atoms with van der Waals surface area (Å²) in [6, 6.07) is 10.1. The number of allylic oxidation sites excluding steroid dienone is 1. The van der Waals surface area contributed by atoms with Crippen molar-refractivity contribution in [1.29, 1.82) is 0 Å². The number of carbonyl (C=O) groups is 2. The monoisotopic (exact) mass is 322 g/mol. The number of rotatable bonds is 3. The second kappa shape index (κ2) is 5.60. The summed E-state index contributed by atoms with van der Waals surface area (Å²) in [6.07, 6.45) is 3.56. The third-order valence-corrected chi connectivity index (χ3v) is 4.15. The zero-order chi connectivity index (χ0) is 17.5. The fraction of sp³-hybridized carbons (Fsp3) is 0.211. The number of ketones is 1. The van der Waals surface area contributed by atoms with Crippen molar-refractivity contribution in [3.63, 3.8) is 0 Å². The molecule has 0 atom stereocenters. The van der Waals surface area contributed by atoms with Crippen LogP contribution in [0.15, 0.2) is 53.5 Å². The van der Waals surface area contributed by atoms with Gasteiger partial charge >= 0.3 is 0 Å². The molecule has 2 N–H and O–H groups in total. The SMILES string of the molecule is CC1(C)C=C(n2ccccc2=O)c2cc(CC(N)=O)ccc2C1=O. The number of primary amides is 1. The number of benzene rings is 1. The van der Waals surface area contributed by atoms with Crippen LogP contribution in [0, 0.1) is 5.41 Å². The number of amides is 1. The van der Waals surface area contributed by atoms with Crippen LogP contribution in [0.3, 0.4) is 0 Å². The van der Waals surface area contributed by atoms with Gasteiger partial charge in [-0.2, -0.15) is 0 Å². The van der Waals surface area contributed by atoms with Crippen molar-refractivity contribution in [3.8, 4) is 0 Å². The third-order valence-electron chi connectivity index (χ3n) is 4.15. The molecular formula is C19H18N2O3. The standard InChI is InChI=1S/C19H18N2O3/c1-19(2)11-15(21-8-4-3-5-17(21)23)14-9-12(10-16(20)22)6-7-13(14)18(19)24/h3-9,11H,10H2,1-2H3,(H2,20,22). The normalized spacial score (nSPS) is 15.6. The Bertz CT molecular complexity index is 936. The molecule has 0 radical (unpaired) electrons. The van der Waals surface area contributed by atoms with Crippen molar-refractivity contribution < 1.29 is 9.59 Å². The van der Waals surface area contributed by atoms with Crippen LogP contribution in [0.2, 0.25) is 0 Å². The molecule has 2 aromatic rings. The highest BCUT2D eigenvalue weighted by Crippen LogP contribution is 2.37. The average molecular weight is 322 g/mol. The Kier molecular flexibility index (Phi) is 3.72. The lowest BCUT2D eigenvalue weighted by Crippen LogP contribution is -2.31. The van der Waals surface area contributed by atoms with E-state index >= 15 is 0 Å². The van der Waals surface area contributed by atoms with Crippen LogP contribution < -0.4 is 11.3 Å². The molecule has 5 nitrogen and oxygen atoms in total. The summed E-state index contributed by atoms with van der Waals surface area (Å²) < 4.78 is 1.51. The number of fused-ring (bicyclic) bond motifs is 1. The molecule has 0 bridgehead atoms. The predicted molar refractivity (Wildman–Crippen MR) is 91.5 cm³/mol. The molecule has 1 aliphatic rings. The van der Waals surface area contributed by atoms with Gasteiger partial charge in [0.25, 0.3) is 5.56 Å². The van der Waals surface area contributed by atoms with Gasteiger partial charge in [0.1, 0.15) is 0 Å². The lowest BCUT2D eigenvalue weighted by atomic mass is 9.76. The van der Waals surface area contributed by atoms with Crippen LogP contribution in [0.4, 0.5) is 0 Å². The van der Waals surface area contributed by atoms with Crippen LogP contribution >= 0.6 is 0 Å². The van der Waals surface area contributed by atoms with E-state index < -0.39 is 11.3 Å². The van der Waals surface area contributed by atoms with Gasteiger partial charge in [0.15, 0.2) is 5.78 Å². The minimum absolute atomic E-state index is 0.0177. The zero-order valence-electron chi connectivity index (χ0n) is 13.6. The molecule has 3 rings (SSSR count). The first-order chi connectivity index (χ1) is 11.3. The van der Waals surface area contributed by atoms with Gasteiger partial charge in [0, 0.05) is 28.8 Å². The first-order valence-corrected chi connectivity index (χ1v) is 7.67. The molecule has 1 aromatic heterocycles. The summed E-state index contributed by atoms with van der Waals surface area (Å²) >= 11 is 0. The van der Waals surface area contributed by atoms with E-state index in [1.807, 2.05) is 13.8 Å². The van der Waals surface area contributed by atoms with Crippen LogP contribution in [0.5, 0.6) is 0 Å². The van der Waals surface area contributed by atoms with Crippen molar-refractivity contribution in [2.75, 3.05) is 0 Å². The van der Waals surface area contributed by atoms with Gasteiger partial charge in [-0.25, -0.2) is 0 Å². The Balaban J connectivity index is 2.26. The largest absolute Gasteiger partial charge is 0.369 e. The highest BCUT2D eigenvalue weighted by molar-refractivity contribution is 6.08. The maximum absolute atomic E-state index is 12.7. The van der Waals surface area contributed by atoms with E-state index in [0.717, 1.165) is 0 Å². The lowest BCUT2D eigenvalue weighted by Gasteiger charge is -2.29. The van der Waals surface area contributed by atoms with Crippen molar-refractivity contribution >= 4 is 17.4 Å². The van der Waals surface area contributed by atoms with E-state index in [9.17, 15) is 14.4 Å². The number of carbonyl (C=O) groups excluding carboxylic acids is 2. The maximum Gasteiger partial charge on any atom is 0.255 e. The summed E-state index contributed by atoms with van der Waals surface area (Å²) in [7, 11) is 0. The van der Waals surface area contributed by atoms with Gasteiger partial charge in [-0.1, -0.05) is 18.2 Å². The minimum atomic E-state index is -0.719. The van der Waals surface area contributed by atoms with Gasteiger partial charge in [-0.05, 0) is 37.6 Å². The Labute approximate surface area is 139 Å². The minimum Gasteiger partial charge on any atom is -0.369 e. The fourth-order valence-electron chi connectivity index (χ4n) is 2.97.